The van der Waals surface area contributed by atoms with E-state index in [2.05, 4.69) is 15.5 Å². The molecule has 0 radical (unpaired) electrons. The lowest BCUT2D eigenvalue weighted by molar-refractivity contribution is -0.125. The number of nitrogens with one attached hydrogen (secondary N) is 2. The Bertz CT molecular complexity index is 383. The van der Waals surface area contributed by atoms with Crippen LogP contribution in [0.4, 0.5) is 0 Å². The Morgan fingerprint density at radius 1 is 1.63 bits per heavy atom. The highest BCUT2D eigenvalue weighted by Crippen LogP contribution is 2.18. The molecular weight excluding hydrogens is 242 g/mol. The molecule has 0 saturated carbocycles. The largest absolute Gasteiger partial charge is 0.468 e. The second-order valence-corrected chi connectivity index (χ2v) is 5.28. The zero-order valence-corrected chi connectivity index (χ0v) is 11.7. The Morgan fingerprint density at radius 3 is 3.05 bits per heavy atom. The van der Waals surface area contributed by atoms with Crippen molar-refractivity contribution in [1.82, 2.24) is 15.5 Å². The summed E-state index contributed by atoms with van der Waals surface area (Å²) in [5.41, 5.74) is 0. The lowest BCUT2D eigenvalue weighted by Crippen LogP contribution is -2.43. The summed E-state index contributed by atoms with van der Waals surface area (Å²) in [5.74, 6) is 1.13. The highest BCUT2D eigenvalue weighted by molar-refractivity contribution is 5.79. The van der Waals surface area contributed by atoms with Gasteiger partial charge in [-0.2, -0.15) is 0 Å². The zero-order chi connectivity index (χ0) is 13.7. The normalized spacial score (nSPS) is 21.3. The number of likely N-dealkylation sites (N-methyl/N-ethyl adjacent to an activating group) is 1. The number of nitrogens with zero attached hydrogens (tertiary/aromatic N) is 1. The van der Waals surface area contributed by atoms with Gasteiger partial charge < -0.3 is 15.1 Å². The highest BCUT2D eigenvalue weighted by atomic mass is 16.3. The average Bonchev–Trinajstić information content (AvgIpc) is 2.93. The Balaban J connectivity index is 1.86. The van der Waals surface area contributed by atoms with Gasteiger partial charge in [0.2, 0.25) is 5.91 Å². The van der Waals surface area contributed by atoms with E-state index in [4.69, 9.17) is 4.42 Å². The SMILES string of the molecule is CN(C)C(CNC(=O)[C@H]1CCCNC1)c1ccco1. The van der Waals surface area contributed by atoms with Gasteiger partial charge in [-0.15, -0.1) is 0 Å². The van der Waals surface area contributed by atoms with E-state index in [1.165, 1.54) is 0 Å². The zero-order valence-electron chi connectivity index (χ0n) is 11.7. The van der Waals surface area contributed by atoms with E-state index in [1.54, 1.807) is 6.26 Å². The maximum Gasteiger partial charge on any atom is 0.224 e. The molecule has 2 atom stereocenters. The number of piperidine rings is 1. The third kappa shape index (κ3) is 3.81. The molecule has 0 aromatic carbocycles. The minimum absolute atomic E-state index is 0.0792. The molecule has 0 bridgehead atoms. The van der Waals surface area contributed by atoms with Gasteiger partial charge in [0.25, 0.3) is 0 Å². The fraction of sp³-hybridized carbons (Fsp3) is 0.643. The van der Waals surface area contributed by atoms with Crippen molar-refractivity contribution in [3.8, 4) is 0 Å². The maximum absolute atomic E-state index is 12.1. The van der Waals surface area contributed by atoms with Gasteiger partial charge in [0.05, 0.1) is 18.2 Å². The second kappa shape index (κ2) is 6.73. The molecule has 1 amide bonds. The van der Waals surface area contributed by atoms with Crippen LogP contribution in [-0.4, -0.2) is 44.5 Å². The highest BCUT2D eigenvalue weighted by Gasteiger charge is 2.23. The number of amides is 1. The quantitative estimate of drug-likeness (QED) is 0.834. The van der Waals surface area contributed by atoms with Crippen LogP contribution in [0.5, 0.6) is 0 Å². The minimum atomic E-state index is 0.0792. The first-order valence-electron chi connectivity index (χ1n) is 6.86. The third-order valence-electron chi connectivity index (χ3n) is 3.63. The van der Waals surface area contributed by atoms with E-state index >= 15 is 0 Å². The number of hydrogen-bond donors (Lipinski definition) is 2. The van der Waals surface area contributed by atoms with Gasteiger partial charge in [0.15, 0.2) is 0 Å². The summed E-state index contributed by atoms with van der Waals surface area (Å²) < 4.78 is 5.43. The van der Waals surface area contributed by atoms with E-state index in [1.807, 2.05) is 26.2 Å². The Kier molecular flexibility index (Phi) is 4.99. The lowest BCUT2D eigenvalue weighted by Gasteiger charge is -2.25. The molecule has 19 heavy (non-hydrogen) atoms. The van der Waals surface area contributed by atoms with Crippen LogP contribution in [0.3, 0.4) is 0 Å². The van der Waals surface area contributed by atoms with Crippen molar-refractivity contribution in [2.75, 3.05) is 33.7 Å². The van der Waals surface area contributed by atoms with E-state index in [-0.39, 0.29) is 17.9 Å². The second-order valence-electron chi connectivity index (χ2n) is 5.28. The topological polar surface area (TPSA) is 57.5 Å². The van der Waals surface area contributed by atoms with Crippen molar-refractivity contribution in [3.05, 3.63) is 24.2 Å². The smallest absolute Gasteiger partial charge is 0.224 e. The predicted molar refractivity (Wildman–Crippen MR) is 73.7 cm³/mol. The molecule has 2 heterocycles. The van der Waals surface area contributed by atoms with Gasteiger partial charge in [0.1, 0.15) is 5.76 Å². The van der Waals surface area contributed by atoms with Crippen molar-refractivity contribution in [3.63, 3.8) is 0 Å². The summed E-state index contributed by atoms with van der Waals surface area (Å²) in [6.07, 6.45) is 3.72. The Labute approximate surface area is 114 Å². The van der Waals surface area contributed by atoms with Gasteiger partial charge in [-0.25, -0.2) is 0 Å². The first kappa shape index (κ1) is 14.1. The molecule has 1 unspecified atom stereocenters. The molecule has 1 aliphatic rings. The van der Waals surface area contributed by atoms with Crippen molar-refractivity contribution in [2.24, 2.45) is 5.92 Å². The first-order chi connectivity index (χ1) is 9.18. The summed E-state index contributed by atoms with van der Waals surface area (Å²) in [6, 6.07) is 3.90. The predicted octanol–water partition coefficient (Wildman–Crippen LogP) is 0.998. The van der Waals surface area contributed by atoms with Crippen LogP contribution in [0, 0.1) is 5.92 Å². The maximum atomic E-state index is 12.1. The molecule has 1 aromatic heterocycles. The molecule has 106 valence electrons. The van der Waals surface area contributed by atoms with E-state index in [0.717, 1.165) is 31.7 Å². The van der Waals surface area contributed by atoms with Crippen LogP contribution >= 0.6 is 0 Å². The Hall–Kier alpha value is -1.33. The molecule has 2 rings (SSSR count). The van der Waals surface area contributed by atoms with Crippen LogP contribution < -0.4 is 10.6 Å². The molecule has 0 spiro atoms. The molecule has 1 saturated heterocycles. The van der Waals surface area contributed by atoms with Crippen molar-refractivity contribution >= 4 is 5.91 Å². The van der Waals surface area contributed by atoms with Crippen LogP contribution in [-0.2, 0) is 4.79 Å². The van der Waals surface area contributed by atoms with E-state index in [0.29, 0.717) is 6.54 Å². The van der Waals surface area contributed by atoms with Crippen molar-refractivity contribution < 1.29 is 9.21 Å². The fourth-order valence-electron chi connectivity index (χ4n) is 2.44. The van der Waals surface area contributed by atoms with Gasteiger partial charge in [-0.3, -0.25) is 9.69 Å². The number of hydrogen-bond acceptors (Lipinski definition) is 4. The monoisotopic (exact) mass is 265 g/mol. The van der Waals surface area contributed by atoms with Crippen LogP contribution in [0.15, 0.2) is 22.8 Å². The standard InChI is InChI=1S/C14H23N3O2/c1-17(2)12(13-6-4-8-19-13)10-16-14(18)11-5-3-7-15-9-11/h4,6,8,11-12,15H,3,5,7,9-10H2,1-2H3,(H,16,18)/t11-,12?/m0/s1. The summed E-state index contributed by atoms with van der Waals surface area (Å²) in [4.78, 5) is 14.1. The average molecular weight is 265 g/mol. The summed E-state index contributed by atoms with van der Waals surface area (Å²) in [7, 11) is 3.98. The lowest BCUT2D eigenvalue weighted by atomic mass is 9.99. The molecule has 2 N–H and O–H groups in total. The number of rotatable bonds is 5. The number of furan rings is 1. The number of carbonyl (C=O) groups excluding carboxylic acids is 1. The van der Waals surface area contributed by atoms with E-state index in [9.17, 15) is 4.79 Å². The molecular formula is C14H23N3O2. The molecule has 0 aliphatic carbocycles. The summed E-state index contributed by atoms with van der Waals surface area (Å²) >= 11 is 0. The molecule has 1 aliphatic heterocycles. The van der Waals surface area contributed by atoms with Gasteiger partial charge in [-0.1, -0.05) is 0 Å². The molecule has 1 fully saturated rings. The molecule has 5 heteroatoms. The van der Waals surface area contributed by atoms with Crippen LogP contribution in [0.2, 0.25) is 0 Å². The minimum Gasteiger partial charge on any atom is -0.468 e. The van der Waals surface area contributed by atoms with Gasteiger partial charge in [0, 0.05) is 13.1 Å². The Morgan fingerprint density at radius 2 is 2.47 bits per heavy atom. The fourth-order valence-corrected chi connectivity index (χ4v) is 2.44. The first-order valence-corrected chi connectivity index (χ1v) is 6.86. The van der Waals surface area contributed by atoms with Gasteiger partial charge >= 0.3 is 0 Å². The molecule has 1 aromatic rings. The van der Waals surface area contributed by atoms with Crippen molar-refractivity contribution in [2.45, 2.75) is 18.9 Å². The number of carbonyl (C=O) groups is 1. The van der Waals surface area contributed by atoms with Crippen LogP contribution in [0.1, 0.15) is 24.6 Å². The summed E-state index contributed by atoms with van der Waals surface area (Å²) in [6.45, 7) is 2.39. The summed E-state index contributed by atoms with van der Waals surface area (Å²) in [5, 5.41) is 6.31. The third-order valence-corrected chi connectivity index (χ3v) is 3.63. The van der Waals surface area contributed by atoms with E-state index < -0.39 is 0 Å². The molecule has 5 nitrogen and oxygen atoms in total. The van der Waals surface area contributed by atoms with Crippen LogP contribution in [0.25, 0.3) is 0 Å². The van der Waals surface area contributed by atoms with Gasteiger partial charge in [-0.05, 0) is 45.6 Å². The van der Waals surface area contributed by atoms with Crippen molar-refractivity contribution in [1.29, 1.82) is 0 Å².